The van der Waals surface area contributed by atoms with Crippen molar-refractivity contribution in [3.8, 4) is 5.75 Å². The Kier molecular flexibility index (Phi) is 6.55. The highest BCUT2D eigenvalue weighted by atomic mass is 16.5. The monoisotopic (exact) mass is 454 g/mol. The van der Waals surface area contributed by atoms with Gasteiger partial charge in [0.1, 0.15) is 11.4 Å². The van der Waals surface area contributed by atoms with Crippen molar-refractivity contribution in [1.29, 1.82) is 0 Å². The standard InChI is InChI=1S/C29H30N2O3/c1-6-34-24-16-12-22(13-17-24)26-27(30-25-9-7-8-19(4)20(25)5)29(33)31(28(26)32)23-14-10-21(11-15-23)18(2)3/h7-18,30H,6H2,1-5H3. The van der Waals surface area contributed by atoms with Crippen molar-refractivity contribution in [2.24, 2.45) is 0 Å². The van der Waals surface area contributed by atoms with E-state index in [0.29, 0.717) is 35.1 Å². The third-order valence-corrected chi connectivity index (χ3v) is 6.22. The Morgan fingerprint density at radius 3 is 2.18 bits per heavy atom. The second-order valence-electron chi connectivity index (χ2n) is 8.77. The van der Waals surface area contributed by atoms with Gasteiger partial charge < -0.3 is 10.1 Å². The number of nitrogens with zero attached hydrogens (tertiary/aromatic N) is 1. The fraction of sp³-hybridized carbons (Fsp3) is 0.241. The van der Waals surface area contributed by atoms with E-state index in [1.165, 1.54) is 4.90 Å². The molecule has 1 aliphatic rings. The zero-order valence-electron chi connectivity index (χ0n) is 20.3. The van der Waals surface area contributed by atoms with Gasteiger partial charge in [-0.3, -0.25) is 9.59 Å². The number of amides is 2. The molecule has 3 aromatic rings. The first kappa shape index (κ1) is 23.3. The summed E-state index contributed by atoms with van der Waals surface area (Å²) in [7, 11) is 0. The quantitative estimate of drug-likeness (QED) is 0.431. The van der Waals surface area contributed by atoms with Gasteiger partial charge in [-0.1, -0.05) is 50.2 Å². The van der Waals surface area contributed by atoms with Crippen molar-refractivity contribution in [2.75, 3.05) is 16.8 Å². The highest BCUT2D eigenvalue weighted by molar-refractivity contribution is 6.46. The van der Waals surface area contributed by atoms with Crippen LogP contribution in [0, 0.1) is 13.8 Å². The maximum atomic E-state index is 13.7. The predicted molar refractivity (Wildman–Crippen MR) is 137 cm³/mol. The van der Waals surface area contributed by atoms with E-state index in [4.69, 9.17) is 4.74 Å². The van der Waals surface area contributed by atoms with Gasteiger partial charge in [0.05, 0.1) is 17.9 Å². The van der Waals surface area contributed by atoms with Crippen LogP contribution in [0.5, 0.6) is 5.75 Å². The summed E-state index contributed by atoms with van der Waals surface area (Å²) in [4.78, 5) is 28.6. The fourth-order valence-corrected chi connectivity index (χ4v) is 4.06. The van der Waals surface area contributed by atoms with E-state index in [0.717, 1.165) is 22.4 Å². The molecule has 174 valence electrons. The third-order valence-electron chi connectivity index (χ3n) is 6.22. The molecule has 5 heteroatoms. The molecule has 0 fully saturated rings. The molecule has 1 aliphatic heterocycles. The zero-order chi connectivity index (χ0) is 24.4. The van der Waals surface area contributed by atoms with Gasteiger partial charge in [0.2, 0.25) is 0 Å². The minimum atomic E-state index is -0.368. The largest absolute Gasteiger partial charge is 0.494 e. The second-order valence-corrected chi connectivity index (χ2v) is 8.77. The van der Waals surface area contributed by atoms with Crippen LogP contribution in [0.2, 0.25) is 0 Å². The van der Waals surface area contributed by atoms with Crippen molar-refractivity contribution in [3.63, 3.8) is 0 Å². The van der Waals surface area contributed by atoms with Gasteiger partial charge >= 0.3 is 0 Å². The summed E-state index contributed by atoms with van der Waals surface area (Å²) in [5.41, 5.74) is 5.93. The number of hydrogen-bond donors (Lipinski definition) is 1. The number of imide groups is 1. The van der Waals surface area contributed by atoms with E-state index in [1.807, 2.05) is 87.5 Å². The van der Waals surface area contributed by atoms with Crippen molar-refractivity contribution in [1.82, 2.24) is 0 Å². The molecule has 0 aliphatic carbocycles. The van der Waals surface area contributed by atoms with Crippen LogP contribution in [0.3, 0.4) is 0 Å². The topological polar surface area (TPSA) is 58.6 Å². The molecular weight excluding hydrogens is 424 g/mol. The van der Waals surface area contributed by atoms with Crippen molar-refractivity contribution >= 4 is 28.8 Å². The van der Waals surface area contributed by atoms with Gasteiger partial charge in [-0.05, 0) is 79.3 Å². The summed E-state index contributed by atoms with van der Waals surface area (Å²) in [6, 6.07) is 20.8. The first-order chi connectivity index (χ1) is 16.3. The summed E-state index contributed by atoms with van der Waals surface area (Å²) in [5, 5.41) is 3.28. The van der Waals surface area contributed by atoms with Crippen LogP contribution >= 0.6 is 0 Å². The highest BCUT2D eigenvalue weighted by Crippen LogP contribution is 2.35. The number of carbonyl (C=O) groups excluding carboxylic acids is 2. The molecule has 34 heavy (non-hydrogen) atoms. The summed E-state index contributed by atoms with van der Waals surface area (Å²) >= 11 is 0. The van der Waals surface area contributed by atoms with E-state index in [2.05, 4.69) is 19.2 Å². The van der Waals surface area contributed by atoms with Crippen molar-refractivity contribution in [3.05, 3.63) is 94.7 Å². The first-order valence-electron chi connectivity index (χ1n) is 11.6. The van der Waals surface area contributed by atoms with Gasteiger partial charge in [0, 0.05) is 5.69 Å². The fourth-order valence-electron chi connectivity index (χ4n) is 4.06. The van der Waals surface area contributed by atoms with Crippen molar-refractivity contribution < 1.29 is 14.3 Å². The molecule has 0 spiro atoms. The number of anilines is 2. The zero-order valence-corrected chi connectivity index (χ0v) is 20.3. The number of rotatable bonds is 7. The Bertz CT molecular complexity index is 1260. The van der Waals surface area contributed by atoms with Gasteiger partial charge in [-0.25, -0.2) is 4.90 Å². The Balaban J connectivity index is 1.79. The molecule has 2 amide bonds. The minimum Gasteiger partial charge on any atom is -0.494 e. The number of nitrogens with one attached hydrogen (secondary N) is 1. The predicted octanol–water partition coefficient (Wildman–Crippen LogP) is 6.22. The Labute approximate surface area is 201 Å². The minimum absolute atomic E-state index is 0.274. The summed E-state index contributed by atoms with van der Waals surface area (Å²) < 4.78 is 5.55. The SMILES string of the molecule is CCOc1ccc(C2=C(Nc3cccc(C)c3C)C(=O)N(c3ccc(C(C)C)cc3)C2=O)cc1. The molecule has 4 rings (SSSR count). The van der Waals surface area contributed by atoms with Crippen LogP contribution in [0.25, 0.3) is 5.57 Å². The summed E-state index contributed by atoms with van der Waals surface area (Å²) in [6.07, 6.45) is 0. The van der Waals surface area contributed by atoms with E-state index in [1.54, 1.807) is 0 Å². The Morgan fingerprint density at radius 1 is 0.882 bits per heavy atom. The number of ether oxygens (including phenoxy) is 1. The van der Waals surface area contributed by atoms with Crippen LogP contribution in [0.15, 0.2) is 72.4 Å². The lowest BCUT2D eigenvalue weighted by Crippen LogP contribution is -2.32. The van der Waals surface area contributed by atoms with Crippen LogP contribution < -0.4 is 15.0 Å². The van der Waals surface area contributed by atoms with E-state index < -0.39 is 0 Å². The molecule has 3 aromatic carbocycles. The molecule has 0 unspecified atom stereocenters. The number of carbonyl (C=O) groups is 2. The lowest BCUT2D eigenvalue weighted by Gasteiger charge is -2.17. The molecule has 0 saturated heterocycles. The van der Waals surface area contributed by atoms with Crippen molar-refractivity contribution in [2.45, 2.75) is 40.5 Å². The van der Waals surface area contributed by atoms with Crippen LogP contribution in [0.4, 0.5) is 11.4 Å². The average Bonchev–Trinajstić information content (AvgIpc) is 3.07. The Morgan fingerprint density at radius 2 is 1.56 bits per heavy atom. The lowest BCUT2D eigenvalue weighted by molar-refractivity contribution is -0.120. The first-order valence-corrected chi connectivity index (χ1v) is 11.6. The number of benzene rings is 3. The second kappa shape index (κ2) is 9.56. The van der Waals surface area contributed by atoms with Gasteiger partial charge in [-0.2, -0.15) is 0 Å². The highest BCUT2D eigenvalue weighted by Gasteiger charge is 2.40. The molecule has 1 heterocycles. The summed E-state index contributed by atoms with van der Waals surface area (Å²) in [6.45, 7) is 10.7. The molecule has 5 nitrogen and oxygen atoms in total. The smallest absolute Gasteiger partial charge is 0.282 e. The van der Waals surface area contributed by atoms with E-state index in [-0.39, 0.29) is 17.5 Å². The third kappa shape index (κ3) is 4.34. The van der Waals surface area contributed by atoms with E-state index >= 15 is 0 Å². The van der Waals surface area contributed by atoms with Crippen LogP contribution in [0.1, 0.15) is 48.9 Å². The molecule has 0 radical (unpaired) electrons. The normalized spacial score (nSPS) is 13.8. The molecule has 0 bridgehead atoms. The van der Waals surface area contributed by atoms with Gasteiger partial charge in [0.25, 0.3) is 11.8 Å². The van der Waals surface area contributed by atoms with Gasteiger partial charge in [0.15, 0.2) is 0 Å². The maximum Gasteiger partial charge on any atom is 0.282 e. The molecule has 0 aromatic heterocycles. The average molecular weight is 455 g/mol. The number of hydrogen-bond acceptors (Lipinski definition) is 4. The van der Waals surface area contributed by atoms with E-state index in [9.17, 15) is 9.59 Å². The summed E-state index contributed by atoms with van der Waals surface area (Å²) in [5.74, 6) is 0.359. The molecule has 0 atom stereocenters. The van der Waals surface area contributed by atoms with Crippen LogP contribution in [-0.2, 0) is 9.59 Å². The number of aryl methyl sites for hydroxylation is 1. The molecule has 1 N–H and O–H groups in total. The molecular formula is C29H30N2O3. The molecule has 0 saturated carbocycles. The van der Waals surface area contributed by atoms with Gasteiger partial charge in [-0.15, -0.1) is 0 Å². The Hall–Kier alpha value is -3.86. The maximum absolute atomic E-state index is 13.7. The van der Waals surface area contributed by atoms with Crippen LogP contribution in [-0.4, -0.2) is 18.4 Å². The lowest BCUT2D eigenvalue weighted by atomic mass is 10.0.